The molecule has 1 heterocycles. The summed E-state index contributed by atoms with van der Waals surface area (Å²) >= 11 is 0. The maximum Gasteiger partial charge on any atom is 0.309 e. The summed E-state index contributed by atoms with van der Waals surface area (Å²) in [6.45, 7) is 4.28. The number of carbonyl (C=O) groups excluding carboxylic acids is 2. The van der Waals surface area contributed by atoms with Crippen molar-refractivity contribution >= 4 is 17.5 Å². The molecule has 0 aliphatic carbocycles. The van der Waals surface area contributed by atoms with Crippen LogP contribution in [0.5, 0.6) is 0 Å². The molecule has 2 amide bonds. The maximum absolute atomic E-state index is 11.8. The van der Waals surface area contributed by atoms with Crippen LogP contribution in [0.15, 0.2) is 24.3 Å². The zero-order valence-electron chi connectivity index (χ0n) is 15.6. The molecule has 1 aromatic rings. The number of rotatable bonds is 5. The Morgan fingerprint density at radius 2 is 1.68 bits per heavy atom. The van der Waals surface area contributed by atoms with Gasteiger partial charge in [-0.2, -0.15) is 0 Å². The molecule has 0 saturated carbocycles. The molecular weight excluding hydrogens is 318 g/mol. The fourth-order valence-corrected chi connectivity index (χ4v) is 2.97. The van der Waals surface area contributed by atoms with E-state index in [9.17, 15) is 9.59 Å². The Balaban J connectivity index is 2.13. The van der Waals surface area contributed by atoms with E-state index in [1.54, 1.807) is 0 Å². The number of hydrogen-bond acceptors (Lipinski definition) is 5. The lowest BCUT2D eigenvalue weighted by molar-refractivity contribution is -0.139. The third-order valence-electron chi connectivity index (χ3n) is 4.66. The van der Waals surface area contributed by atoms with Crippen molar-refractivity contribution in [3.8, 4) is 0 Å². The van der Waals surface area contributed by atoms with Crippen LogP contribution in [0.3, 0.4) is 0 Å². The SMILES string of the molecule is CNC(=O)C(=O)NC[C@@H](c1ccc(N(C)C)cc1)N1CCN(C)CC1. The second-order valence-electron chi connectivity index (χ2n) is 6.63. The summed E-state index contributed by atoms with van der Waals surface area (Å²) in [5.41, 5.74) is 2.28. The fourth-order valence-electron chi connectivity index (χ4n) is 2.97. The molecular formula is C18H29N5O2. The summed E-state index contributed by atoms with van der Waals surface area (Å²) in [7, 11) is 7.60. The molecule has 0 radical (unpaired) electrons. The van der Waals surface area contributed by atoms with Crippen LogP contribution in [0.1, 0.15) is 11.6 Å². The summed E-state index contributed by atoms with van der Waals surface area (Å²) in [6, 6.07) is 8.42. The van der Waals surface area contributed by atoms with Gasteiger partial charge in [-0.25, -0.2) is 0 Å². The molecule has 138 valence electrons. The lowest BCUT2D eigenvalue weighted by Crippen LogP contribution is -2.49. The highest BCUT2D eigenvalue weighted by Crippen LogP contribution is 2.24. The minimum Gasteiger partial charge on any atom is -0.378 e. The van der Waals surface area contributed by atoms with E-state index in [4.69, 9.17) is 0 Å². The lowest BCUT2D eigenvalue weighted by atomic mass is 10.0. The molecule has 0 unspecified atom stereocenters. The molecule has 1 atom stereocenters. The van der Waals surface area contributed by atoms with Gasteiger partial charge in [-0.15, -0.1) is 0 Å². The van der Waals surface area contributed by atoms with Crippen LogP contribution in [-0.2, 0) is 9.59 Å². The van der Waals surface area contributed by atoms with E-state index >= 15 is 0 Å². The Bertz CT molecular complexity index is 580. The fraction of sp³-hybridized carbons (Fsp3) is 0.556. The van der Waals surface area contributed by atoms with E-state index in [1.165, 1.54) is 7.05 Å². The van der Waals surface area contributed by atoms with Crippen molar-refractivity contribution in [1.82, 2.24) is 20.4 Å². The van der Waals surface area contributed by atoms with Gasteiger partial charge in [0.25, 0.3) is 0 Å². The van der Waals surface area contributed by atoms with E-state index in [-0.39, 0.29) is 6.04 Å². The minimum absolute atomic E-state index is 0.0542. The molecule has 1 aliphatic heterocycles. The highest BCUT2D eigenvalue weighted by Gasteiger charge is 2.25. The smallest absolute Gasteiger partial charge is 0.309 e. The zero-order valence-corrected chi connectivity index (χ0v) is 15.6. The van der Waals surface area contributed by atoms with Gasteiger partial charge >= 0.3 is 11.8 Å². The molecule has 1 fully saturated rings. The number of likely N-dealkylation sites (N-methyl/N-ethyl adjacent to an activating group) is 2. The molecule has 0 bridgehead atoms. The Hall–Kier alpha value is -2.12. The van der Waals surface area contributed by atoms with Crippen LogP contribution in [0.4, 0.5) is 5.69 Å². The second kappa shape index (κ2) is 8.82. The number of piperazine rings is 1. The first-order valence-electron chi connectivity index (χ1n) is 8.62. The van der Waals surface area contributed by atoms with Crippen molar-refractivity contribution in [3.05, 3.63) is 29.8 Å². The minimum atomic E-state index is -0.611. The van der Waals surface area contributed by atoms with E-state index in [1.807, 2.05) is 14.1 Å². The highest BCUT2D eigenvalue weighted by molar-refractivity contribution is 6.35. The van der Waals surface area contributed by atoms with Crippen molar-refractivity contribution in [3.63, 3.8) is 0 Å². The van der Waals surface area contributed by atoms with Gasteiger partial charge in [-0.05, 0) is 24.7 Å². The van der Waals surface area contributed by atoms with Crippen LogP contribution < -0.4 is 15.5 Å². The van der Waals surface area contributed by atoms with Crippen molar-refractivity contribution in [2.45, 2.75) is 6.04 Å². The monoisotopic (exact) mass is 347 g/mol. The first kappa shape index (κ1) is 19.2. The number of hydrogen-bond donors (Lipinski definition) is 2. The van der Waals surface area contributed by atoms with Gasteiger partial charge in [0.2, 0.25) is 0 Å². The second-order valence-corrected chi connectivity index (χ2v) is 6.63. The highest BCUT2D eigenvalue weighted by atomic mass is 16.2. The van der Waals surface area contributed by atoms with Crippen molar-refractivity contribution < 1.29 is 9.59 Å². The number of carbonyl (C=O) groups is 2. The van der Waals surface area contributed by atoms with Gasteiger partial charge in [0, 0.05) is 59.6 Å². The first-order valence-corrected chi connectivity index (χ1v) is 8.62. The van der Waals surface area contributed by atoms with Gasteiger partial charge in [0.05, 0.1) is 6.04 Å². The standard InChI is InChI=1S/C18H29N5O2/c1-19-17(24)18(25)20-13-16(23-11-9-22(4)10-12-23)14-5-7-15(8-6-14)21(2)3/h5-8,16H,9-13H2,1-4H3,(H,19,24)(H,20,25)/t16-/m0/s1. The van der Waals surface area contributed by atoms with E-state index in [2.05, 4.69) is 56.6 Å². The maximum atomic E-state index is 11.8. The Morgan fingerprint density at radius 3 is 2.20 bits per heavy atom. The van der Waals surface area contributed by atoms with E-state index in [0.29, 0.717) is 6.54 Å². The summed E-state index contributed by atoms with van der Waals surface area (Å²) in [6.07, 6.45) is 0. The summed E-state index contributed by atoms with van der Waals surface area (Å²) < 4.78 is 0. The quantitative estimate of drug-likeness (QED) is 0.729. The molecule has 7 nitrogen and oxygen atoms in total. The molecule has 1 saturated heterocycles. The van der Waals surface area contributed by atoms with Crippen LogP contribution in [-0.4, -0.2) is 82.5 Å². The van der Waals surface area contributed by atoms with Crippen LogP contribution in [0.25, 0.3) is 0 Å². The zero-order chi connectivity index (χ0) is 18.4. The molecule has 1 aromatic carbocycles. The van der Waals surface area contributed by atoms with Crippen LogP contribution in [0, 0.1) is 0 Å². The third-order valence-corrected chi connectivity index (χ3v) is 4.66. The Kier molecular flexibility index (Phi) is 6.78. The van der Waals surface area contributed by atoms with E-state index in [0.717, 1.165) is 37.4 Å². The molecule has 0 aromatic heterocycles. The van der Waals surface area contributed by atoms with Gasteiger partial charge in [0.1, 0.15) is 0 Å². The number of anilines is 1. The topological polar surface area (TPSA) is 67.9 Å². The molecule has 2 N–H and O–H groups in total. The Morgan fingerprint density at radius 1 is 1.08 bits per heavy atom. The average Bonchev–Trinajstić information content (AvgIpc) is 2.62. The van der Waals surface area contributed by atoms with Gasteiger partial charge in [-0.1, -0.05) is 12.1 Å². The predicted molar refractivity (Wildman–Crippen MR) is 99.7 cm³/mol. The molecule has 7 heteroatoms. The number of benzene rings is 1. The molecule has 2 rings (SSSR count). The molecule has 1 aliphatic rings. The number of amides is 2. The summed E-state index contributed by atoms with van der Waals surface area (Å²) in [5.74, 6) is -1.20. The summed E-state index contributed by atoms with van der Waals surface area (Å²) in [5, 5.41) is 5.12. The summed E-state index contributed by atoms with van der Waals surface area (Å²) in [4.78, 5) is 30.0. The predicted octanol–water partition coefficient (Wildman–Crippen LogP) is -0.0967. The first-order chi connectivity index (χ1) is 11.9. The van der Waals surface area contributed by atoms with Crippen molar-refractivity contribution in [2.75, 3.05) is 65.8 Å². The third kappa shape index (κ3) is 5.17. The lowest BCUT2D eigenvalue weighted by Gasteiger charge is -2.38. The normalized spacial score (nSPS) is 17.0. The molecule has 0 spiro atoms. The van der Waals surface area contributed by atoms with Crippen LogP contribution >= 0.6 is 0 Å². The van der Waals surface area contributed by atoms with Gasteiger partial charge in [-0.3, -0.25) is 14.5 Å². The van der Waals surface area contributed by atoms with E-state index < -0.39 is 11.8 Å². The molecule has 25 heavy (non-hydrogen) atoms. The van der Waals surface area contributed by atoms with Crippen LogP contribution in [0.2, 0.25) is 0 Å². The van der Waals surface area contributed by atoms with Crippen molar-refractivity contribution in [1.29, 1.82) is 0 Å². The van der Waals surface area contributed by atoms with Gasteiger partial charge < -0.3 is 20.4 Å². The number of nitrogens with zero attached hydrogens (tertiary/aromatic N) is 3. The number of nitrogens with one attached hydrogen (secondary N) is 2. The average molecular weight is 347 g/mol. The van der Waals surface area contributed by atoms with Crippen molar-refractivity contribution in [2.24, 2.45) is 0 Å². The van der Waals surface area contributed by atoms with Gasteiger partial charge in [0.15, 0.2) is 0 Å². The largest absolute Gasteiger partial charge is 0.378 e. The Labute approximate surface area is 150 Å².